The van der Waals surface area contributed by atoms with Crippen LogP contribution in [0.5, 0.6) is 5.75 Å². The molecular weight excluding hydrogens is 268 g/mol. The topological polar surface area (TPSA) is 44.8 Å². The molecule has 2 aliphatic heterocycles. The summed E-state index contributed by atoms with van der Waals surface area (Å²) in [5.74, 6) is 0.905. The highest BCUT2D eigenvalue weighted by Crippen LogP contribution is 2.35. The van der Waals surface area contributed by atoms with E-state index in [-0.39, 0.29) is 17.5 Å². The minimum atomic E-state index is -0.0551. The molecule has 0 aromatic heterocycles. The van der Waals surface area contributed by atoms with Crippen LogP contribution >= 0.6 is 0 Å². The largest absolute Gasteiger partial charge is 0.490 e. The first-order valence-electron chi connectivity index (χ1n) is 7.66. The molecule has 3 rings (SSSR count). The molecule has 0 N–H and O–H groups in total. The van der Waals surface area contributed by atoms with Gasteiger partial charge in [0.2, 0.25) is 0 Å². The fourth-order valence-corrected chi connectivity index (χ4v) is 3.14. The number of carbonyl (C=O) groups is 1. The Balaban J connectivity index is 1.62. The summed E-state index contributed by atoms with van der Waals surface area (Å²) in [5, 5.41) is 0. The zero-order valence-electron chi connectivity index (χ0n) is 12.5. The summed E-state index contributed by atoms with van der Waals surface area (Å²) in [6.07, 6.45) is 3.92. The molecule has 1 aromatic rings. The Morgan fingerprint density at radius 2 is 1.90 bits per heavy atom. The smallest absolute Gasteiger partial charge is 0.159 e. The van der Waals surface area contributed by atoms with Crippen LogP contribution in [0, 0.1) is 0 Å². The molecular formula is C17H22O4. The quantitative estimate of drug-likeness (QED) is 0.803. The molecule has 1 unspecified atom stereocenters. The summed E-state index contributed by atoms with van der Waals surface area (Å²) < 4.78 is 17.5. The minimum absolute atomic E-state index is 0.0551. The Kier molecular flexibility index (Phi) is 4.27. The van der Waals surface area contributed by atoms with E-state index in [4.69, 9.17) is 14.2 Å². The van der Waals surface area contributed by atoms with Crippen molar-refractivity contribution in [2.45, 2.75) is 44.3 Å². The highest BCUT2D eigenvalue weighted by Gasteiger charge is 2.39. The predicted molar refractivity (Wildman–Crippen MR) is 78.8 cm³/mol. The van der Waals surface area contributed by atoms with Crippen LogP contribution < -0.4 is 4.74 Å². The Morgan fingerprint density at radius 3 is 2.57 bits per heavy atom. The van der Waals surface area contributed by atoms with Crippen molar-refractivity contribution in [3.63, 3.8) is 0 Å². The molecule has 2 saturated heterocycles. The van der Waals surface area contributed by atoms with Gasteiger partial charge < -0.3 is 14.2 Å². The molecule has 1 atom stereocenters. The molecule has 1 aromatic carbocycles. The zero-order valence-corrected chi connectivity index (χ0v) is 12.5. The van der Waals surface area contributed by atoms with Gasteiger partial charge in [-0.15, -0.1) is 0 Å². The van der Waals surface area contributed by atoms with Crippen LogP contribution in [-0.4, -0.2) is 37.3 Å². The summed E-state index contributed by atoms with van der Waals surface area (Å²) in [4.78, 5) is 11.3. The molecule has 0 radical (unpaired) electrons. The number of carbonyl (C=O) groups excluding carboxylic acids is 1. The lowest BCUT2D eigenvalue weighted by molar-refractivity contribution is -0.155. The van der Waals surface area contributed by atoms with E-state index >= 15 is 0 Å². The van der Waals surface area contributed by atoms with Gasteiger partial charge in [-0.1, -0.05) is 0 Å². The van der Waals surface area contributed by atoms with E-state index in [1.54, 1.807) is 6.92 Å². The maximum atomic E-state index is 11.3. The van der Waals surface area contributed by atoms with Gasteiger partial charge in [0.15, 0.2) is 5.78 Å². The molecule has 1 spiro atoms. The normalized spacial score (nSPS) is 24.7. The van der Waals surface area contributed by atoms with E-state index in [9.17, 15) is 4.79 Å². The Labute approximate surface area is 125 Å². The van der Waals surface area contributed by atoms with Gasteiger partial charge in [0, 0.05) is 31.6 Å². The van der Waals surface area contributed by atoms with E-state index in [1.807, 2.05) is 24.3 Å². The number of ether oxygens (including phenoxy) is 3. The van der Waals surface area contributed by atoms with Gasteiger partial charge in [-0.2, -0.15) is 0 Å². The maximum absolute atomic E-state index is 11.3. The highest BCUT2D eigenvalue weighted by atomic mass is 16.5. The van der Waals surface area contributed by atoms with Gasteiger partial charge in [-0.25, -0.2) is 0 Å². The van der Waals surface area contributed by atoms with Crippen LogP contribution in [0.3, 0.4) is 0 Å². The number of Topliss-reactive ketones (excluding diaryl/α,β-unsaturated/α-hetero) is 1. The van der Waals surface area contributed by atoms with Crippen molar-refractivity contribution < 1.29 is 19.0 Å². The van der Waals surface area contributed by atoms with E-state index in [0.29, 0.717) is 0 Å². The summed E-state index contributed by atoms with van der Waals surface area (Å²) in [6.45, 7) is 3.87. The number of hydrogen-bond donors (Lipinski definition) is 0. The Morgan fingerprint density at radius 1 is 1.19 bits per heavy atom. The van der Waals surface area contributed by atoms with Crippen molar-refractivity contribution >= 4 is 5.78 Å². The fourth-order valence-electron chi connectivity index (χ4n) is 3.14. The molecule has 0 aliphatic carbocycles. The van der Waals surface area contributed by atoms with Crippen LogP contribution in [0.15, 0.2) is 24.3 Å². The number of hydrogen-bond acceptors (Lipinski definition) is 4. The fraction of sp³-hybridized carbons (Fsp3) is 0.588. The second-order valence-electron chi connectivity index (χ2n) is 5.96. The van der Waals surface area contributed by atoms with Gasteiger partial charge >= 0.3 is 0 Å². The van der Waals surface area contributed by atoms with Crippen molar-refractivity contribution in [1.29, 1.82) is 0 Å². The van der Waals surface area contributed by atoms with Crippen molar-refractivity contribution in [2.24, 2.45) is 0 Å². The third-order valence-electron chi connectivity index (χ3n) is 4.42. The van der Waals surface area contributed by atoms with Gasteiger partial charge in [0.25, 0.3) is 0 Å². The average Bonchev–Trinajstić information content (AvgIpc) is 2.49. The molecule has 0 saturated carbocycles. The standard InChI is InChI=1S/C17H22O4/c1-13(18)14-2-4-15(5-3-14)21-16-6-9-20-17(12-16)7-10-19-11-8-17/h2-5,16H,6-12H2,1H3. The van der Waals surface area contributed by atoms with E-state index in [0.717, 1.165) is 56.8 Å². The summed E-state index contributed by atoms with van der Waals surface area (Å²) in [7, 11) is 0. The third kappa shape index (κ3) is 3.44. The number of ketones is 1. The molecule has 114 valence electrons. The minimum Gasteiger partial charge on any atom is -0.490 e. The highest BCUT2D eigenvalue weighted by molar-refractivity contribution is 5.94. The number of rotatable bonds is 3. The number of benzene rings is 1. The van der Waals surface area contributed by atoms with Crippen molar-refractivity contribution in [2.75, 3.05) is 19.8 Å². The second kappa shape index (κ2) is 6.16. The van der Waals surface area contributed by atoms with Gasteiger partial charge in [-0.3, -0.25) is 4.79 Å². The molecule has 2 heterocycles. The van der Waals surface area contributed by atoms with Crippen molar-refractivity contribution in [1.82, 2.24) is 0 Å². The lowest BCUT2D eigenvalue weighted by Gasteiger charge is -2.43. The molecule has 21 heavy (non-hydrogen) atoms. The maximum Gasteiger partial charge on any atom is 0.159 e. The summed E-state index contributed by atoms with van der Waals surface area (Å²) >= 11 is 0. The first kappa shape index (κ1) is 14.5. The van der Waals surface area contributed by atoms with Crippen LogP contribution in [0.25, 0.3) is 0 Å². The summed E-state index contributed by atoms with van der Waals surface area (Å²) in [6, 6.07) is 7.40. The average molecular weight is 290 g/mol. The van der Waals surface area contributed by atoms with Crippen LogP contribution in [0.1, 0.15) is 43.0 Å². The first-order chi connectivity index (χ1) is 10.2. The monoisotopic (exact) mass is 290 g/mol. The first-order valence-corrected chi connectivity index (χ1v) is 7.66. The lowest BCUT2D eigenvalue weighted by Crippen LogP contribution is -2.47. The van der Waals surface area contributed by atoms with E-state index in [2.05, 4.69) is 0 Å². The molecule has 0 amide bonds. The predicted octanol–water partition coefficient (Wildman–Crippen LogP) is 3.00. The molecule has 0 bridgehead atoms. The third-order valence-corrected chi connectivity index (χ3v) is 4.42. The van der Waals surface area contributed by atoms with Crippen LogP contribution in [0.2, 0.25) is 0 Å². The van der Waals surface area contributed by atoms with Gasteiger partial charge in [0.1, 0.15) is 11.9 Å². The Hall–Kier alpha value is -1.39. The van der Waals surface area contributed by atoms with Crippen molar-refractivity contribution in [3.05, 3.63) is 29.8 Å². The second-order valence-corrected chi connectivity index (χ2v) is 5.96. The molecule has 4 heteroatoms. The zero-order chi connectivity index (χ0) is 14.7. The lowest BCUT2D eigenvalue weighted by atomic mass is 9.85. The SMILES string of the molecule is CC(=O)c1ccc(OC2CCOC3(CCOCC3)C2)cc1. The molecule has 2 aliphatic rings. The van der Waals surface area contributed by atoms with E-state index in [1.165, 1.54) is 0 Å². The van der Waals surface area contributed by atoms with Gasteiger partial charge in [0.05, 0.1) is 12.2 Å². The van der Waals surface area contributed by atoms with Crippen LogP contribution in [-0.2, 0) is 9.47 Å². The molecule has 2 fully saturated rings. The molecule has 4 nitrogen and oxygen atoms in total. The Bertz CT molecular complexity index is 483. The summed E-state index contributed by atoms with van der Waals surface area (Å²) in [5.41, 5.74) is 0.663. The van der Waals surface area contributed by atoms with E-state index < -0.39 is 0 Å². The van der Waals surface area contributed by atoms with Gasteiger partial charge in [-0.05, 0) is 44.0 Å². The van der Waals surface area contributed by atoms with Crippen LogP contribution in [0.4, 0.5) is 0 Å². The van der Waals surface area contributed by atoms with Crippen molar-refractivity contribution in [3.8, 4) is 5.75 Å².